The minimum absolute atomic E-state index is 0.0689. The Bertz CT molecular complexity index is 1130. The van der Waals surface area contributed by atoms with Crippen LogP contribution in [0.25, 0.3) is 10.9 Å². The first kappa shape index (κ1) is 18.2. The van der Waals surface area contributed by atoms with Crippen LogP contribution in [0.2, 0.25) is 0 Å². The summed E-state index contributed by atoms with van der Waals surface area (Å²) in [5.41, 5.74) is 2.52. The standard InChI is InChI=1S/C23H17BrN2O2/c24-18-11-8-16(9-12-18)20(26-23(28)17-5-2-1-3-6-17)19-13-10-15-7-4-14-25-21(15)22(19)27/h1-14,20,27H,(H,26,28). The van der Waals surface area contributed by atoms with Crippen LogP contribution in [0.3, 0.4) is 0 Å². The Morgan fingerprint density at radius 1 is 0.929 bits per heavy atom. The lowest BCUT2D eigenvalue weighted by Gasteiger charge is -2.21. The summed E-state index contributed by atoms with van der Waals surface area (Å²) in [5, 5.41) is 14.8. The van der Waals surface area contributed by atoms with Crippen molar-refractivity contribution in [1.82, 2.24) is 10.3 Å². The highest BCUT2D eigenvalue weighted by molar-refractivity contribution is 9.10. The summed E-state index contributed by atoms with van der Waals surface area (Å²) < 4.78 is 0.939. The van der Waals surface area contributed by atoms with E-state index in [0.717, 1.165) is 15.4 Å². The van der Waals surface area contributed by atoms with E-state index in [0.29, 0.717) is 16.6 Å². The largest absolute Gasteiger partial charge is 0.505 e. The Labute approximate surface area is 171 Å². The van der Waals surface area contributed by atoms with Crippen LogP contribution in [-0.4, -0.2) is 16.0 Å². The highest BCUT2D eigenvalue weighted by atomic mass is 79.9. The van der Waals surface area contributed by atoms with Crippen molar-refractivity contribution >= 4 is 32.7 Å². The molecule has 1 amide bonds. The number of pyridine rings is 1. The number of carbonyl (C=O) groups is 1. The van der Waals surface area contributed by atoms with E-state index in [2.05, 4.69) is 26.2 Å². The minimum Gasteiger partial charge on any atom is -0.505 e. The molecular weight excluding hydrogens is 416 g/mol. The van der Waals surface area contributed by atoms with Crippen molar-refractivity contribution in [3.05, 3.63) is 106 Å². The number of amides is 1. The zero-order valence-corrected chi connectivity index (χ0v) is 16.4. The zero-order valence-electron chi connectivity index (χ0n) is 14.8. The topological polar surface area (TPSA) is 62.2 Å². The maximum atomic E-state index is 12.8. The molecule has 1 unspecified atom stereocenters. The van der Waals surface area contributed by atoms with Gasteiger partial charge in [0.25, 0.3) is 5.91 Å². The molecule has 4 nitrogen and oxygen atoms in total. The molecule has 0 saturated carbocycles. The van der Waals surface area contributed by atoms with Gasteiger partial charge in [-0.05, 0) is 35.9 Å². The van der Waals surface area contributed by atoms with Crippen molar-refractivity contribution in [2.75, 3.05) is 0 Å². The van der Waals surface area contributed by atoms with Crippen LogP contribution in [0.1, 0.15) is 27.5 Å². The van der Waals surface area contributed by atoms with Gasteiger partial charge < -0.3 is 10.4 Å². The molecule has 2 N–H and O–H groups in total. The molecule has 0 aliphatic carbocycles. The second-order valence-electron chi connectivity index (χ2n) is 6.40. The molecule has 0 spiro atoms. The normalized spacial score (nSPS) is 11.9. The van der Waals surface area contributed by atoms with Crippen molar-refractivity contribution in [2.24, 2.45) is 0 Å². The second kappa shape index (κ2) is 7.82. The van der Waals surface area contributed by atoms with E-state index in [4.69, 9.17) is 0 Å². The number of fused-ring (bicyclic) bond motifs is 1. The molecule has 0 radical (unpaired) electrons. The molecule has 0 aliphatic rings. The molecule has 138 valence electrons. The van der Waals surface area contributed by atoms with Gasteiger partial charge in [0.2, 0.25) is 0 Å². The van der Waals surface area contributed by atoms with E-state index in [1.807, 2.05) is 66.7 Å². The molecule has 4 rings (SSSR count). The zero-order chi connectivity index (χ0) is 19.5. The third-order valence-electron chi connectivity index (χ3n) is 4.60. The number of benzene rings is 3. The fourth-order valence-corrected chi connectivity index (χ4v) is 3.44. The summed E-state index contributed by atoms with van der Waals surface area (Å²) in [4.78, 5) is 17.1. The number of phenols is 1. The summed E-state index contributed by atoms with van der Waals surface area (Å²) in [5.74, 6) is -0.145. The van der Waals surface area contributed by atoms with Crippen LogP contribution >= 0.6 is 15.9 Å². The van der Waals surface area contributed by atoms with E-state index >= 15 is 0 Å². The first-order chi connectivity index (χ1) is 13.6. The highest BCUT2D eigenvalue weighted by Crippen LogP contribution is 2.35. The maximum Gasteiger partial charge on any atom is 0.252 e. The quantitative estimate of drug-likeness (QED) is 0.464. The molecule has 1 heterocycles. The molecule has 0 bridgehead atoms. The van der Waals surface area contributed by atoms with Crippen LogP contribution in [-0.2, 0) is 0 Å². The van der Waals surface area contributed by atoms with Crippen molar-refractivity contribution in [2.45, 2.75) is 6.04 Å². The summed E-state index contributed by atoms with van der Waals surface area (Å²) in [7, 11) is 0. The van der Waals surface area contributed by atoms with Gasteiger partial charge in [0.1, 0.15) is 11.3 Å². The molecular formula is C23H17BrN2O2. The van der Waals surface area contributed by atoms with Gasteiger partial charge in [-0.25, -0.2) is 0 Å². The van der Waals surface area contributed by atoms with Gasteiger partial charge in [0.05, 0.1) is 6.04 Å². The number of carbonyl (C=O) groups excluding carboxylic acids is 1. The summed E-state index contributed by atoms with van der Waals surface area (Å²) in [6, 6.07) is 23.6. The number of nitrogens with one attached hydrogen (secondary N) is 1. The average molecular weight is 433 g/mol. The van der Waals surface area contributed by atoms with Crippen molar-refractivity contribution in [3.63, 3.8) is 0 Å². The number of aromatic hydroxyl groups is 1. The minimum atomic E-state index is -0.521. The number of nitrogens with zero attached hydrogens (tertiary/aromatic N) is 1. The average Bonchev–Trinajstić information content (AvgIpc) is 2.74. The fourth-order valence-electron chi connectivity index (χ4n) is 3.18. The third-order valence-corrected chi connectivity index (χ3v) is 5.13. The van der Waals surface area contributed by atoms with Crippen LogP contribution in [0.15, 0.2) is 89.5 Å². The lowest BCUT2D eigenvalue weighted by molar-refractivity contribution is 0.0942. The van der Waals surface area contributed by atoms with E-state index in [9.17, 15) is 9.90 Å². The molecule has 1 atom stereocenters. The van der Waals surface area contributed by atoms with Gasteiger partial charge in [-0.15, -0.1) is 0 Å². The molecule has 3 aromatic carbocycles. The van der Waals surface area contributed by atoms with Crippen LogP contribution < -0.4 is 5.32 Å². The smallest absolute Gasteiger partial charge is 0.252 e. The SMILES string of the molecule is O=C(NC(c1ccc(Br)cc1)c1ccc2cccnc2c1O)c1ccccc1. The summed E-state index contributed by atoms with van der Waals surface area (Å²) in [6.07, 6.45) is 1.64. The number of phenolic OH excluding ortho intramolecular Hbond substituents is 1. The van der Waals surface area contributed by atoms with Gasteiger partial charge in [0, 0.05) is 27.2 Å². The molecule has 0 aliphatic heterocycles. The van der Waals surface area contributed by atoms with Crippen LogP contribution in [0.4, 0.5) is 0 Å². The predicted molar refractivity (Wildman–Crippen MR) is 113 cm³/mol. The Hall–Kier alpha value is -3.18. The van der Waals surface area contributed by atoms with Crippen LogP contribution in [0, 0.1) is 0 Å². The van der Waals surface area contributed by atoms with Crippen molar-refractivity contribution < 1.29 is 9.90 Å². The number of rotatable bonds is 4. The van der Waals surface area contributed by atoms with Gasteiger partial charge in [-0.2, -0.15) is 0 Å². The first-order valence-corrected chi connectivity index (χ1v) is 9.61. The lowest BCUT2D eigenvalue weighted by Crippen LogP contribution is -2.29. The predicted octanol–water partition coefficient (Wildman–Crippen LogP) is 5.22. The number of hydrogen-bond acceptors (Lipinski definition) is 3. The molecule has 5 heteroatoms. The van der Waals surface area contributed by atoms with E-state index in [1.54, 1.807) is 18.3 Å². The molecule has 0 saturated heterocycles. The number of halogens is 1. The molecule has 0 fully saturated rings. The Kier molecular flexibility index (Phi) is 5.08. The van der Waals surface area contributed by atoms with Gasteiger partial charge >= 0.3 is 0 Å². The van der Waals surface area contributed by atoms with Gasteiger partial charge in [-0.3, -0.25) is 9.78 Å². The number of hydrogen-bond donors (Lipinski definition) is 2. The van der Waals surface area contributed by atoms with Crippen molar-refractivity contribution in [3.8, 4) is 5.75 Å². The monoisotopic (exact) mass is 432 g/mol. The Balaban J connectivity index is 1.80. The third kappa shape index (κ3) is 3.62. The number of aromatic nitrogens is 1. The fraction of sp³-hybridized carbons (Fsp3) is 0.0435. The lowest BCUT2D eigenvalue weighted by atomic mass is 9.96. The Morgan fingerprint density at radius 2 is 1.68 bits per heavy atom. The van der Waals surface area contributed by atoms with Gasteiger partial charge in [0.15, 0.2) is 0 Å². The van der Waals surface area contributed by atoms with E-state index < -0.39 is 6.04 Å². The van der Waals surface area contributed by atoms with Crippen molar-refractivity contribution in [1.29, 1.82) is 0 Å². The second-order valence-corrected chi connectivity index (χ2v) is 7.32. The highest BCUT2D eigenvalue weighted by Gasteiger charge is 2.22. The molecule has 28 heavy (non-hydrogen) atoms. The van der Waals surface area contributed by atoms with Gasteiger partial charge in [-0.1, -0.05) is 64.5 Å². The van der Waals surface area contributed by atoms with Crippen LogP contribution in [0.5, 0.6) is 5.75 Å². The maximum absolute atomic E-state index is 12.8. The summed E-state index contributed by atoms with van der Waals surface area (Å²) >= 11 is 3.44. The summed E-state index contributed by atoms with van der Waals surface area (Å²) in [6.45, 7) is 0. The molecule has 1 aromatic heterocycles. The Morgan fingerprint density at radius 3 is 2.43 bits per heavy atom. The first-order valence-electron chi connectivity index (χ1n) is 8.81. The molecule has 4 aromatic rings. The van der Waals surface area contributed by atoms with E-state index in [1.165, 1.54) is 0 Å². The van der Waals surface area contributed by atoms with E-state index in [-0.39, 0.29) is 11.7 Å².